The normalized spacial score (nSPS) is 17.1. The maximum absolute atomic E-state index is 6.03. The average molecular weight is 299 g/mol. The van der Waals surface area contributed by atoms with Crippen LogP contribution in [0.25, 0.3) is 0 Å². The zero-order valence-electron chi connectivity index (χ0n) is 10.2. The highest BCUT2D eigenvalue weighted by molar-refractivity contribution is 9.10. The summed E-state index contributed by atoms with van der Waals surface area (Å²) in [5, 5.41) is 0. The zero-order chi connectivity index (χ0) is 12.3. The second-order valence-electron chi connectivity index (χ2n) is 4.64. The van der Waals surface area contributed by atoms with Crippen molar-refractivity contribution in [2.75, 3.05) is 37.4 Å². The summed E-state index contributed by atoms with van der Waals surface area (Å²) < 4.78 is 6.40. The molecule has 2 N–H and O–H groups in total. The fourth-order valence-electron chi connectivity index (χ4n) is 2.29. The van der Waals surface area contributed by atoms with E-state index in [2.05, 4.69) is 33.9 Å². The summed E-state index contributed by atoms with van der Waals surface area (Å²) in [7, 11) is 2.11. The van der Waals surface area contributed by atoms with Crippen molar-refractivity contribution >= 4 is 27.3 Å². The molecule has 1 saturated heterocycles. The maximum atomic E-state index is 6.03. The van der Waals surface area contributed by atoms with Crippen molar-refractivity contribution in [1.82, 2.24) is 0 Å². The molecule has 0 aromatic heterocycles. The van der Waals surface area contributed by atoms with Crippen LogP contribution in [0.2, 0.25) is 0 Å². The standard InChI is InChI=1S/C13H19BrN2O/c1-16(9-10-4-6-17-7-5-10)13-3-2-11(14)8-12(13)15/h2-3,8,10H,4-7,9,15H2,1H3. The largest absolute Gasteiger partial charge is 0.397 e. The van der Waals surface area contributed by atoms with E-state index < -0.39 is 0 Å². The highest BCUT2D eigenvalue weighted by Crippen LogP contribution is 2.27. The van der Waals surface area contributed by atoms with E-state index in [1.165, 1.54) is 0 Å². The Balaban J connectivity index is 2.00. The summed E-state index contributed by atoms with van der Waals surface area (Å²) in [6.45, 7) is 2.85. The zero-order valence-corrected chi connectivity index (χ0v) is 11.7. The van der Waals surface area contributed by atoms with Gasteiger partial charge in [-0.1, -0.05) is 15.9 Å². The lowest BCUT2D eigenvalue weighted by Gasteiger charge is -2.29. The Morgan fingerprint density at radius 1 is 1.41 bits per heavy atom. The molecule has 0 spiro atoms. The number of nitrogens with two attached hydrogens (primary N) is 1. The summed E-state index contributed by atoms with van der Waals surface area (Å²) in [6, 6.07) is 6.06. The third-order valence-corrected chi connectivity index (χ3v) is 3.77. The molecule has 1 fully saturated rings. The van der Waals surface area contributed by atoms with Crippen LogP contribution in [0.5, 0.6) is 0 Å². The van der Waals surface area contributed by atoms with E-state index in [0.29, 0.717) is 0 Å². The molecule has 0 unspecified atom stereocenters. The second-order valence-corrected chi connectivity index (χ2v) is 5.56. The van der Waals surface area contributed by atoms with Gasteiger partial charge in [0.2, 0.25) is 0 Å². The Labute approximate surface area is 111 Å². The monoisotopic (exact) mass is 298 g/mol. The SMILES string of the molecule is CN(CC1CCOCC1)c1ccc(Br)cc1N. The summed E-state index contributed by atoms with van der Waals surface area (Å²) in [5.74, 6) is 0.719. The molecule has 1 heterocycles. The van der Waals surface area contributed by atoms with Crippen LogP contribution in [0, 0.1) is 5.92 Å². The van der Waals surface area contributed by atoms with Gasteiger partial charge >= 0.3 is 0 Å². The topological polar surface area (TPSA) is 38.5 Å². The number of nitrogens with zero attached hydrogens (tertiary/aromatic N) is 1. The van der Waals surface area contributed by atoms with Crippen LogP contribution in [0.1, 0.15) is 12.8 Å². The van der Waals surface area contributed by atoms with Crippen molar-refractivity contribution < 1.29 is 4.74 Å². The third kappa shape index (κ3) is 3.36. The molecule has 1 aliphatic heterocycles. The van der Waals surface area contributed by atoms with Crippen LogP contribution >= 0.6 is 15.9 Å². The molecule has 1 aromatic carbocycles. The predicted molar refractivity (Wildman–Crippen MR) is 75.4 cm³/mol. The third-order valence-electron chi connectivity index (χ3n) is 3.27. The van der Waals surface area contributed by atoms with E-state index in [1.54, 1.807) is 0 Å². The Hall–Kier alpha value is -0.740. The number of ether oxygens (including phenoxy) is 1. The Kier molecular flexibility index (Phi) is 4.29. The van der Waals surface area contributed by atoms with Crippen molar-refractivity contribution in [2.45, 2.75) is 12.8 Å². The van der Waals surface area contributed by atoms with Gasteiger partial charge < -0.3 is 15.4 Å². The van der Waals surface area contributed by atoms with E-state index in [0.717, 1.165) is 54.4 Å². The number of hydrogen-bond acceptors (Lipinski definition) is 3. The molecule has 94 valence electrons. The van der Waals surface area contributed by atoms with Gasteiger partial charge in [0.25, 0.3) is 0 Å². The molecule has 1 aliphatic rings. The molecule has 0 saturated carbocycles. The highest BCUT2D eigenvalue weighted by atomic mass is 79.9. The molecule has 0 atom stereocenters. The minimum absolute atomic E-state index is 0.719. The van der Waals surface area contributed by atoms with Gasteiger partial charge in [0.05, 0.1) is 11.4 Å². The van der Waals surface area contributed by atoms with Crippen LogP contribution in [-0.4, -0.2) is 26.8 Å². The molecule has 4 heteroatoms. The summed E-state index contributed by atoms with van der Waals surface area (Å²) in [4.78, 5) is 2.25. The molecule has 0 amide bonds. The number of anilines is 2. The number of halogens is 1. The van der Waals surface area contributed by atoms with Crippen molar-refractivity contribution in [3.05, 3.63) is 22.7 Å². The van der Waals surface area contributed by atoms with Crippen LogP contribution in [-0.2, 0) is 4.74 Å². The van der Waals surface area contributed by atoms with E-state index in [9.17, 15) is 0 Å². The van der Waals surface area contributed by atoms with Crippen molar-refractivity contribution in [2.24, 2.45) is 5.92 Å². The van der Waals surface area contributed by atoms with E-state index >= 15 is 0 Å². The molecule has 0 radical (unpaired) electrons. The van der Waals surface area contributed by atoms with Crippen LogP contribution < -0.4 is 10.6 Å². The van der Waals surface area contributed by atoms with Crippen LogP contribution in [0.3, 0.4) is 0 Å². The van der Waals surface area contributed by atoms with Gasteiger partial charge in [0.1, 0.15) is 0 Å². The van der Waals surface area contributed by atoms with Gasteiger partial charge in [-0.25, -0.2) is 0 Å². The lowest BCUT2D eigenvalue weighted by atomic mass is 9.99. The van der Waals surface area contributed by atoms with Gasteiger partial charge in [0, 0.05) is 31.3 Å². The molecular weight excluding hydrogens is 280 g/mol. The number of benzene rings is 1. The number of hydrogen-bond donors (Lipinski definition) is 1. The molecule has 0 bridgehead atoms. The average Bonchev–Trinajstić information content (AvgIpc) is 2.30. The van der Waals surface area contributed by atoms with Gasteiger partial charge in [-0.3, -0.25) is 0 Å². The Morgan fingerprint density at radius 2 is 2.12 bits per heavy atom. The van der Waals surface area contributed by atoms with E-state index in [-0.39, 0.29) is 0 Å². The number of nitrogen functional groups attached to an aromatic ring is 1. The Bertz CT molecular complexity index is 378. The lowest BCUT2D eigenvalue weighted by Crippen LogP contribution is -2.29. The summed E-state index contributed by atoms with van der Waals surface area (Å²) >= 11 is 3.43. The summed E-state index contributed by atoms with van der Waals surface area (Å²) in [5.41, 5.74) is 7.97. The first-order valence-electron chi connectivity index (χ1n) is 6.00. The fraction of sp³-hybridized carbons (Fsp3) is 0.538. The van der Waals surface area contributed by atoms with Gasteiger partial charge in [-0.15, -0.1) is 0 Å². The smallest absolute Gasteiger partial charge is 0.0598 e. The lowest BCUT2D eigenvalue weighted by molar-refractivity contribution is 0.0685. The van der Waals surface area contributed by atoms with Crippen molar-refractivity contribution in [3.8, 4) is 0 Å². The van der Waals surface area contributed by atoms with Crippen LogP contribution in [0.4, 0.5) is 11.4 Å². The van der Waals surface area contributed by atoms with Gasteiger partial charge in [-0.2, -0.15) is 0 Å². The van der Waals surface area contributed by atoms with Gasteiger partial charge in [-0.05, 0) is 37.0 Å². The molecule has 1 aromatic rings. The van der Waals surface area contributed by atoms with Crippen molar-refractivity contribution in [3.63, 3.8) is 0 Å². The fourth-order valence-corrected chi connectivity index (χ4v) is 2.67. The highest BCUT2D eigenvalue weighted by Gasteiger charge is 2.16. The van der Waals surface area contributed by atoms with Crippen LogP contribution in [0.15, 0.2) is 22.7 Å². The summed E-state index contributed by atoms with van der Waals surface area (Å²) in [6.07, 6.45) is 2.31. The van der Waals surface area contributed by atoms with E-state index in [1.807, 2.05) is 12.1 Å². The predicted octanol–water partition coefficient (Wildman–Crippen LogP) is 2.89. The maximum Gasteiger partial charge on any atom is 0.0598 e. The van der Waals surface area contributed by atoms with E-state index in [4.69, 9.17) is 10.5 Å². The first kappa shape index (κ1) is 12.7. The molecular formula is C13H19BrN2O. The van der Waals surface area contributed by atoms with Gasteiger partial charge in [0.15, 0.2) is 0 Å². The quantitative estimate of drug-likeness (QED) is 0.872. The minimum atomic E-state index is 0.719. The number of rotatable bonds is 3. The van der Waals surface area contributed by atoms with Crippen molar-refractivity contribution in [1.29, 1.82) is 0 Å². The second kappa shape index (κ2) is 5.74. The molecule has 0 aliphatic carbocycles. The molecule has 2 rings (SSSR count). The first-order chi connectivity index (χ1) is 8.16. The molecule has 17 heavy (non-hydrogen) atoms. The first-order valence-corrected chi connectivity index (χ1v) is 6.80. The Morgan fingerprint density at radius 3 is 2.76 bits per heavy atom. The minimum Gasteiger partial charge on any atom is -0.397 e. The molecule has 3 nitrogen and oxygen atoms in total.